The first-order valence-corrected chi connectivity index (χ1v) is 6.84. The van der Waals surface area contributed by atoms with Gasteiger partial charge in [0, 0.05) is 31.1 Å². The molecule has 0 amide bonds. The van der Waals surface area contributed by atoms with Crippen LogP contribution in [0.4, 0.5) is 5.82 Å². The summed E-state index contributed by atoms with van der Waals surface area (Å²) >= 11 is 0. The molecule has 0 radical (unpaired) electrons. The van der Waals surface area contributed by atoms with Gasteiger partial charge in [-0.3, -0.25) is 9.67 Å². The molecule has 0 aliphatic carbocycles. The van der Waals surface area contributed by atoms with Gasteiger partial charge in [0.1, 0.15) is 11.5 Å². The molecule has 0 fully saturated rings. The van der Waals surface area contributed by atoms with Crippen molar-refractivity contribution < 1.29 is 9.53 Å². The molecular weight excluding hydrogens is 294 g/mol. The average Bonchev–Trinajstić information content (AvgIpc) is 2.97. The minimum Gasteiger partial charge on any atom is -0.455 e. The highest BCUT2D eigenvalue weighted by molar-refractivity contribution is 5.59. The highest BCUT2D eigenvalue weighted by Gasteiger charge is 2.07. The molecule has 0 saturated carbocycles. The second kappa shape index (κ2) is 6.21. The number of hydrogen-bond acceptors (Lipinski definition) is 6. The van der Waals surface area contributed by atoms with E-state index < -0.39 is 0 Å². The van der Waals surface area contributed by atoms with E-state index in [1.807, 2.05) is 19.3 Å². The molecule has 0 aromatic carbocycles. The van der Waals surface area contributed by atoms with Crippen LogP contribution in [-0.2, 0) is 11.8 Å². The minimum atomic E-state index is 0.302. The molecular formula is C16H13N5O2. The lowest BCUT2D eigenvalue weighted by atomic mass is 10.2. The van der Waals surface area contributed by atoms with Crippen molar-refractivity contribution in [1.29, 1.82) is 0 Å². The van der Waals surface area contributed by atoms with Crippen molar-refractivity contribution in [2.24, 2.45) is 12.0 Å². The summed E-state index contributed by atoms with van der Waals surface area (Å²) in [6, 6.07) is 6.89. The van der Waals surface area contributed by atoms with Gasteiger partial charge >= 0.3 is 0 Å². The van der Waals surface area contributed by atoms with Crippen LogP contribution in [0, 0.1) is 6.92 Å². The number of aromatic nitrogens is 4. The van der Waals surface area contributed by atoms with Gasteiger partial charge in [-0.2, -0.15) is 5.10 Å². The van der Waals surface area contributed by atoms with Crippen molar-refractivity contribution in [3.63, 3.8) is 0 Å². The molecule has 7 nitrogen and oxygen atoms in total. The SMILES string of the molecule is Cc1nc(N=C=O)ccc1Oc1ccnc(-c2cnn(C)c2)c1. The van der Waals surface area contributed by atoms with Crippen LogP contribution in [0.3, 0.4) is 0 Å². The number of ether oxygens (including phenoxy) is 1. The van der Waals surface area contributed by atoms with Gasteiger partial charge < -0.3 is 4.74 Å². The maximum Gasteiger partial charge on any atom is 0.242 e. The second-order valence-electron chi connectivity index (χ2n) is 4.84. The molecule has 0 saturated heterocycles. The smallest absolute Gasteiger partial charge is 0.242 e. The average molecular weight is 307 g/mol. The molecule has 3 rings (SSSR count). The number of rotatable bonds is 4. The Bertz CT molecular complexity index is 897. The second-order valence-corrected chi connectivity index (χ2v) is 4.84. The lowest BCUT2D eigenvalue weighted by molar-refractivity contribution is 0.475. The molecule has 0 aliphatic rings. The Morgan fingerprint density at radius 1 is 1.30 bits per heavy atom. The Morgan fingerprint density at radius 3 is 2.87 bits per heavy atom. The van der Waals surface area contributed by atoms with Crippen molar-refractivity contribution in [2.75, 3.05) is 0 Å². The number of carbonyl (C=O) groups excluding carboxylic acids is 1. The Morgan fingerprint density at radius 2 is 2.17 bits per heavy atom. The maximum atomic E-state index is 10.3. The lowest BCUT2D eigenvalue weighted by Crippen LogP contribution is -1.91. The van der Waals surface area contributed by atoms with Crippen molar-refractivity contribution in [2.45, 2.75) is 6.92 Å². The molecule has 0 unspecified atom stereocenters. The molecule has 23 heavy (non-hydrogen) atoms. The normalized spacial score (nSPS) is 10.2. The molecule has 3 heterocycles. The molecule has 3 aromatic rings. The fraction of sp³-hybridized carbons (Fsp3) is 0.125. The first kappa shape index (κ1) is 14.6. The summed E-state index contributed by atoms with van der Waals surface area (Å²) < 4.78 is 7.55. The summed E-state index contributed by atoms with van der Waals surface area (Å²) in [6.07, 6.45) is 6.76. The van der Waals surface area contributed by atoms with E-state index in [-0.39, 0.29) is 0 Å². The predicted octanol–water partition coefficient (Wildman–Crippen LogP) is 2.95. The fourth-order valence-corrected chi connectivity index (χ4v) is 2.06. The Labute approximate surface area is 132 Å². The number of isocyanates is 1. The molecule has 0 aliphatic heterocycles. The van der Waals surface area contributed by atoms with Gasteiger partial charge in [0.25, 0.3) is 0 Å². The van der Waals surface area contributed by atoms with Gasteiger partial charge in [-0.25, -0.2) is 9.78 Å². The van der Waals surface area contributed by atoms with E-state index in [0.29, 0.717) is 23.0 Å². The quantitative estimate of drug-likeness (QED) is 0.546. The van der Waals surface area contributed by atoms with Gasteiger partial charge in [-0.1, -0.05) is 0 Å². The van der Waals surface area contributed by atoms with Crippen molar-refractivity contribution in [3.8, 4) is 22.8 Å². The third-order valence-corrected chi connectivity index (χ3v) is 3.14. The summed E-state index contributed by atoms with van der Waals surface area (Å²) in [5, 5.41) is 4.13. The topological polar surface area (TPSA) is 82.3 Å². The monoisotopic (exact) mass is 307 g/mol. The predicted molar refractivity (Wildman–Crippen MR) is 83.3 cm³/mol. The van der Waals surface area contributed by atoms with E-state index in [1.165, 1.54) is 6.08 Å². The summed E-state index contributed by atoms with van der Waals surface area (Å²) in [4.78, 5) is 22.2. The van der Waals surface area contributed by atoms with Crippen LogP contribution < -0.4 is 4.74 Å². The standard InChI is InChI=1S/C16H13N5O2/c1-11-15(3-4-16(20-11)18-10-22)23-13-5-6-17-14(7-13)12-8-19-21(2)9-12/h3-9H,1-2H3. The van der Waals surface area contributed by atoms with Gasteiger partial charge in [0.2, 0.25) is 6.08 Å². The third kappa shape index (κ3) is 3.30. The first-order chi connectivity index (χ1) is 11.2. The van der Waals surface area contributed by atoms with Crippen LogP contribution in [0.1, 0.15) is 5.69 Å². The number of aliphatic imine (C=N–C) groups is 1. The summed E-state index contributed by atoms with van der Waals surface area (Å²) in [5.41, 5.74) is 2.30. The highest BCUT2D eigenvalue weighted by Crippen LogP contribution is 2.28. The van der Waals surface area contributed by atoms with Crippen LogP contribution in [0.5, 0.6) is 11.5 Å². The third-order valence-electron chi connectivity index (χ3n) is 3.14. The van der Waals surface area contributed by atoms with Gasteiger partial charge in [0.05, 0.1) is 17.6 Å². The van der Waals surface area contributed by atoms with Gasteiger partial charge in [-0.05, 0) is 25.1 Å². The van der Waals surface area contributed by atoms with Crippen LogP contribution in [0.15, 0.2) is 47.8 Å². The number of pyridine rings is 2. The largest absolute Gasteiger partial charge is 0.455 e. The van der Waals surface area contributed by atoms with E-state index in [2.05, 4.69) is 20.1 Å². The van der Waals surface area contributed by atoms with Crippen LogP contribution in [0.25, 0.3) is 11.3 Å². The molecule has 0 bridgehead atoms. The number of aryl methyl sites for hydroxylation is 2. The van der Waals surface area contributed by atoms with Crippen molar-refractivity contribution >= 4 is 11.9 Å². The van der Waals surface area contributed by atoms with Crippen molar-refractivity contribution in [1.82, 2.24) is 19.7 Å². The molecule has 0 spiro atoms. The molecule has 0 N–H and O–H groups in total. The van der Waals surface area contributed by atoms with E-state index >= 15 is 0 Å². The fourth-order valence-electron chi connectivity index (χ4n) is 2.06. The Balaban J connectivity index is 1.87. The molecule has 3 aromatic heterocycles. The van der Waals surface area contributed by atoms with E-state index in [4.69, 9.17) is 4.74 Å². The van der Waals surface area contributed by atoms with Gasteiger partial charge in [0.15, 0.2) is 5.82 Å². The van der Waals surface area contributed by atoms with Crippen LogP contribution in [0.2, 0.25) is 0 Å². The van der Waals surface area contributed by atoms with E-state index in [0.717, 1.165) is 11.3 Å². The highest BCUT2D eigenvalue weighted by atomic mass is 16.5. The zero-order valence-electron chi connectivity index (χ0n) is 12.6. The van der Waals surface area contributed by atoms with Crippen LogP contribution in [-0.4, -0.2) is 25.8 Å². The molecule has 114 valence electrons. The zero-order chi connectivity index (χ0) is 16.2. The van der Waals surface area contributed by atoms with E-state index in [9.17, 15) is 4.79 Å². The summed E-state index contributed by atoms with van der Waals surface area (Å²) in [7, 11) is 1.85. The molecule has 7 heteroatoms. The minimum absolute atomic E-state index is 0.302. The lowest BCUT2D eigenvalue weighted by Gasteiger charge is -2.09. The molecule has 0 atom stereocenters. The Hall–Kier alpha value is -3.31. The van der Waals surface area contributed by atoms with Gasteiger partial charge in [-0.15, -0.1) is 4.99 Å². The summed E-state index contributed by atoms with van der Waals surface area (Å²) in [5.74, 6) is 1.52. The maximum absolute atomic E-state index is 10.3. The summed E-state index contributed by atoms with van der Waals surface area (Å²) in [6.45, 7) is 1.78. The number of nitrogens with zero attached hydrogens (tertiary/aromatic N) is 5. The zero-order valence-corrected chi connectivity index (χ0v) is 12.6. The Kier molecular flexibility index (Phi) is 3.95. The number of hydrogen-bond donors (Lipinski definition) is 0. The van der Waals surface area contributed by atoms with Crippen molar-refractivity contribution in [3.05, 3.63) is 48.5 Å². The first-order valence-electron chi connectivity index (χ1n) is 6.84. The van der Waals surface area contributed by atoms with Crippen LogP contribution >= 0.6 is 0 Å². The van der Waals surface area contributed by atoms with E-state index in [1.54, 1.807) is 42.2 Å².